The van der Waals surface area contributed by atoms with Crippen LogP contribution in [0.3, 0.4) is 0 Å². The molecule has 2 amide bonds. The molecule has 1 aliphatic heterocycles. The molecule has 1 aliphatic carbocycles. The Morgan fingerprint density at radius 3 is 2.22 bits per heavy atom. The molecule has 1 fully saturated rings. The predicted octanol–water partition coefficient (Wildman–Crippen LogP) is 6.25. The Kier molecular flexibility index (Phi) is 10.8. The molecule has 1 atom stereocenters. The van der Waals surface area contributed by atoms with Crippen molar-refractivity contribution in [3.05, 3.63) is 118 Å². The Morgan fingerprint density at radius 2 is 1.53 bits per heavy atom. The van der Waals surface area contributed by atoms with Crippen molar-refractivity contribution in [1.82, 2.24) is 10.2 Å². The van der Waals surface area contributed by atoms with Gasteiger partial charge in [-0.3, -0.25) is 13.9 Å². The summed E-state index contributed by atoms with van der Waals surface area (Å²) in [6.45, 7) is -0.0145. The Morgan fingerprint density at radius 1 is 0.857 bits per heavy atom. The number of anilines is 1. The van der Waals surface area contributed by atoms with Crippen LogP contribution in [0, 0.1) is 5.82 Å². The lowest BCUT2D eigenvalue weighted by Crippen LogP contribution is -2.54. The summed E-state index contributed by atoms with van der Waals surface area (Å²) < 4.78 is 55.8. The summed E-state index contributed by atoms with van der Waals surface area (Å²) in [5.74, 6) is -0.788. The van der Waals surface area contributed by atoms with Crippen LogP contribution in [0.15, 0.2) is 106 Å². The first-order chi connectivity index (χ1) is 23.7. The number of carbonyl (C=O) groups is 2. The second-order valence-electron chi connectivity index (χ2n) is 12.1. The molecule has 0 aromatic heterocycles. The van der Waals surface area contributed by atoms with Gasteiger partial charge >= 0.3 is 0 Å². The van der Waals surface area contributed by atoms with Gasteiger partial charge in [-0.1, -0.05) is 71.2 Å². The minimum atomic E-state index is -4.41. The van der Waals surface area contributed by atoms with Crippen molar-refractivity contribution in [3.8, 4) is 11.5 Å². The fourth-order valence-corrected chi connectivity index (χ4v) is 7.85. The molecule has 256 valence electrons. The third kappa shape index (κ3) is 8.42. The third-order valence-electron chi connectivity index (χ3n) is 8.73. The molecule has 6 rings (SSSR count). The summed E-state index contributed by atoms with van der Waals surface area (Å²) in [7, 11) is -4.41. The van der Waals surface area contributed by atoms with E-state index in [1.807, 2.05) is 54.6 Å². The Hall–Kier alpha value is -4.42. The second kappa shape index (κ2) is 15.4. The quantitative estimate of drug-likeness (QED) is 0.184. The van der Waals surface area contributed by atoms with Crippen LogP contribution >= 0.6 is 15.9 Å². The van der Waals surface area contributed by atoms with Gasteiger partial charge in [0.1, 0.15) is 31.6 Å². The van der Waals surface area contributed by atoms with Crippen molar-refractivity contribution < 1.29 is 31.9 Å². The van der Waals surface area contributed by atoms with Crippen molar-refractivity contribution in [3.63, 3.8) is 0 Å². The Bertz CT molecular complexity index is 1870. The molecule has 1 saturated carbocycles. The maximum atomic E-state index is 14.7. The van der Waals surface area contributed by atoms with E-state index in [2.05, 4.69) is 21.2 Å². The number of nitrogens with one attached hydrogen (secondary N) is 1. The molecule has 0 radical (unpaired) electrons. The highest BCUT2D eigenvalue weighted by Gasteiger charge is 2.36. The molecule has 49 heavy (non-hydrogen) atoms. The number of sulfonamides is 1. The Balaban J connectivity index is 1.39. The average Bonchev–Trinajstić information content (AvgIpc) is 3.63. The van der Waals surface area contributed by atoms with Gasteiger partial charge in [0.2, 0.25) is 11.8 Å². The average molecular weight is 751 g/mol. The molecule has 4 aromatic rings. The number of halogens is 2. The molecule has 0 unspecified atom stereocenters. The SMILES string of the molecule is O=C(NC1CCCC1)[C@H](Cc1ccccc1)N(Cc1ccc(Br)cc1)C(=O)CN(c1ccc(F)cc1)S(=O)(=O)c1ccc2c(c1)OCCO2. The standard InChI is InChI=1S/C37H37BrFN3O6S/c38-28-12-10-27(11-13-28)24-41(33(22-26-6-2-1-3-7-26)37(44)40-30-8-4-5-9-30)36(43)25-42(31-16-14-29(39)15-17-31)49(45,46)32-18-19-34-35(23-32)48-21-20-47-34/h1-3,6-7,10-19,23,30,33H,4-5,8-9,20-22,24-25H2,(H,40,44)/t33-/m0/s1. The van der Waals surface area contributed by atoms with E-state index in [1.165, 1.54) is 35.2 Å². The van der Waals surface area contributed by atoms with Gasteiger partial charge in [0.15, 0.2) is 11.5 Å². The summed E-state index contributed by atoms with van der Waals surface area (Å²) in [5.41, 5.74) is 1.69. The van der Waals surface area contributed by atoms with Crippen molar-refractivity contribution >= 4 is 43.5 Å². The lowest BCUT2D eigenvalue weighted by molar-refractivity contribution is -0.140. The molecular formula is C37H37BrFN3O6S. The van der Waals surface area contributed by atoms with Crippen molar-refractivity contribution in [2.75, 3.05) is 24.1 Å². The number of nitrogens with zero attached hydrogens (tertiary/aromatic N) is 2. The van der Waals surface area contributed by atoms with E-state index in [0.29, 0.717) is 12.4 Å². The second-order valence-corrected chi connectivity index (χ2v) is 14.9. The van der Waals surface area contributed by atoms with Gasteiger partial charge in [0, 0.05) is 29.5 Å². The minimum Gasteiger partial charge on any atom is -0.486 e. The number of hydrogen-bond acceptors (Lipinski definition) is 6. The summed E-state index contributed by atoms with van der Waals surface area (Å²) in [6, 6.07) is 25.0. The molecule has 0 bridgehead atoms. The smallest absolute Gasteiger partial charge is 0.264 e. The van der Waals surface area contributed by atoms with Crippen molar-refractivity contribution in [2.45, 2.75) is 55.6 Å². The molecule has 1 N–H and O–H groups in total. The molecule has 9 nitrogen and oxygen atoms in total. The van der Waals surface area contributed by atoms with Gasteiger partial charge in [0.25, 0.3) is 10.0 Å². The highest BCUT2D eigenvalue weighted by molar-refractivity contribution is 9.10. The first-order valence-electron chi connectivity index (χ1n) is 16.2. The number of ether oxygens (including phenoxy) is 2. The van der Waals surface area contributed by atoms with Crippen LogP contribution in [0.4, 0.5) is 10.1 Å². The van der Waals surface area contributed by atoms with Crippen LogP contribution < -0.4 is 19.1 Å². The number of carbonyl (C=O) groups excluding carboxylic acids is 2. The first-order valence-corrected chi connectivity index (χ1v) is 18.5. The van der Waals surface area contributed by atoms with Crippen LogP contribution in [0.25, 0.3) is 0 Å². The lowest BCUT2D eigenvalue weighted by Gasteiger charge is -2.34. The van der Waals surface area contributed by atoms with Gasteiger partial charge in [-0.25, -0.2) is 12.8 Å². The largest absolute Gasteiger partial charge is 0.486 e. The lowest BCUT2D eigenvalue weighted by atomic mass is 10.0. The number of fused-ring (bicyclic) bond motifs is 1. The van der Waals surface area contributed by atoms with E-state index in [9.17, 15) is 22.4 Å². The first kappa shape index (κ1) is 34.4. The van der Waals surface area contributed by atoms with E-state index >= 15 is 0 Å². The monoisotopic (exact) mass is 749 g/mol. The fourth-order valence-electron chi connectivity index (χ4n) is 6.16. The van der Waals surface area contributed by atoms with Gasteiger partial charge in [-0.2, -0.15) is 0 Å². The predicted molar refractivity (Wildman–Crippen MR) is 187 cm³/mol. The molecule has 0 spiro atoms. The van der Waals surface area contributed by atoms with Gasteiger partial charge < -0.3 is 19.7 Å². The zero-order valence-electron chi connectivity index (χ0n) is 26.8. The summed E-state index contributed by atoms with van der Waals surface area (Å²) in [5, 5.41) is 3.17. The maximum Gasteiger partial charge on any atom is 0.264 e. The zero-order chi connectivity index (χ0) is 34.4. The van der Waals surface area contributed by atoms with Crippen LogP contribution in [-0.4, -0.2) is 57.0 Å². The van der Waals surface area contributed by atoms with E-state index < -0.39 is 34.3 Å². The molecule has 0 saturated heterocycles. The molecule has 1 heterocycles. The van der Waals surface area contributed by atoms with Crippen molar-refractivity contribution in [1.29, 1.82) is 0 Å². The maximum absolute atomic E-state index is 14.7. The highest BCUT2D eigenvalue weighted by Crippen LogP contribution is 2.34. The van der Waals surface area contributed by atoms with Crippen LogP contribution in [0.1, 0.15) is 36.8 Å². The topological polar surface area (TPSA) is 105 Å². The van der Waals surface area contributed by atoms with Gasteiger partial charge in [-0.15, -0.1) is 0 Å². The number of hydrogen-bond donors (Lipinski definition) is 1. The number of benzene rings is 4. The van der Waals surface area contributed by atoms with Crippen LogP contribution in [-0.2, 0) is 32.6 Å². The summed E-state index contributed by atoms with van der Waals surface area (Å²) >= 11 is 3.45. The third-order valence-corrected chi connectivity index (χ3v) is 11.0. The van der Waals surface area contributed by atoms with Gasteiger partial charge in [0.05, 0.1) is 10.6 Å². The van der Waals surface area contributed by atoms with E-state index in [4.69, 9.17) is 9.47 Å². The zero-order valence-corrected chi connectivity index (χ0v) is 29.2. The number of rotatable bonds is 12. The minimum absolute atomic E-state index is 0.00158. The molecule has 12 heteroatoms. The molecule has 4 aromatic carbocycles. The number of amides is 2. The Labute approximate surface area is 294 Å². The fraction of sp³-hybridized carbons (Fsp3) is 0.297. The normalized spacial score (nSPS) is 15.0. The van der Waals surface area contributed by atoms with Crippen LogP contribution in [0.2, 0.25) is 0 Å². The van der Waals surface area contributed by atoms with E-state index in [-0.39, 0.29) is 47.9 Å². The van der Waals surface area contributed by atoms with E-state index in [0.717, 1.165) is 57.7 Å². The van der Waals surface area contributed by atoms with E-state index in [1.54, 1.807) is 0 Å². The highest BCUT2D eigenvalue weighted by atomic mass is 79.9. The van der Waals surface area contributed by atoms with Crippen molar-refractivity contribution in [2.24, 2.45) is 0 Å². The van der Waals surface area contributed by atoms with Crippen LogP contribution in [0.5, 0.6) is 11.5 Å². The molecule has 2 aliphatic rings. The molecular weight excluding hydrogens is 713 g/mol. The summed E-state index contributed by atoms with van der Waals surface area (Å²) in [6.07, 6.45) is 3.96. The summed E-state index contributed by atoms with van der Waals surface area (Å²) in [4.78, 5) is 30.1. The van der Waals surface area contributed by atoms with Gasteiger partial charge in [-0.05, 0) is 72.5 Å².